The third-order valence-electron chi connectivity index (χ3n) is 5.82. The summed E-state index contributed by atoms with van der Waals surface area (Å²) in [5.74, 6) is 0.0283. The summed E-state index contributed by atoms with van der Waals surface area (Å²) in [6.07, 6.45) is 2.22. The fraction of sp³-hybridized carbons (Fsp3) is 0.435. The number of fused-ring (bicyclic) bond motifs is 1. The second-order valence-corrected chi connectivity index (χ2v) is 9.08. The highest BCUT2D eigenvalue weighted by atomic mass is 32.1. The number of hydrogen-bond donors (Lipinski definition) is 0. The van der Waals surface area contributed by atoms with Crippen LogP contribution in [0.5, 0.6) is 0 Å². The van der Waals surface area contributed by atoms with Crippen molar-refractivity contribution < 1.29 is 14.3 Å². The fourth-order valence-electron chi connectivity index (χ4n) is 4.14. The van der Waals surface area contributed by atoms with Gasteiger partial charge in [-0.2, -0.15) is 5.10 Å². The molecule has 1 amide bonds. The highest BCUT2D eigenvalue weighted by Crippen LogP contribution is 2.28. The lowest BCUT2D eigenvalue weighted by Gasteiger charge is -2.33. The predicted octanol–water partition coefficient (Wildman–Crippen LogP) is 3.97. The van der Waals surface area contributed by atoms with Gasteiger partial charge in [-0.15, -0.1) is 11.3 Å². The first-order chi connectivity index (χ1) is 14.4. The van der Waals surface area contributed by atoms with E-state index in [0.717, 1.165) is 35.2 Å². The van der Waals surface area contributed by atoms with Gasteiger partial charge in [-0.3, -0.25) is 9.48 Å². The van der Waals surface area contributed by atoms with E-state index in [4.69, 9.17) is 4.74 Å². The molecular formula is C23H27N3O3S. The third-order valence-corrected chi connectivity index (χ3v) is 7.00. The van der Waals surface area contributed by atoms with Gasteiger partial charge in [0.1, 0.15) is 9.71 Å². The Bertz CT molecular complexity index is 1010. The largest absolute Gasteiger partial charge is 0.448 e. The van der Waals surface area contributed by atoms with Gasteiger partial charge >= 0.3 is 5.97 Å². The summed E-state index contributed by atoms with van der Waals surface area (Å²) >= 11 is 1.34. The maximum Gasteiger partial charge on any atom is 0.349 e. The van der Waals surface area contributed by atoms with Gasteiger partial charge in [-0.1, -0.05) is 30.3 Å². The highest BCUT2D eigenvalue weighted by molar-refractivity contribution is 7.20. The van der Waals surface area contributed by atoms with Gasteiger partial charge in [0, 0.05) is 25.5 Å². The molecule has 0 spiro atoms. The molecular weight excluding hydrogens is 398 g/mol. The van der Waals surface area contributed by atoms with Crippen molar-refractivity contribution in [3.8, 4) is 0 Å². The minimum atomic E-state index is -0.785. The van der Waals surface area contributed by atoms with E-state index in [0.29, 0.717) is 23.9 Å². The molecule has 4 rings (SSSR count). The van der Waals surface area contributed by atoms with Gasteiger partial charge < -0.3 is 9.64 Å². The van der Waals surface area contributed by atoms with Crippen LogP contribution in [-0.2, 0) is 23.0 Å². The van der Waals surface area contributed by atoms with Crippen molar-refractivity contribution in [3.05, 3.63) is 52.5 Å². The summed E-state index contributed by atoms with van der Waals surface area (Å²) in [6, 6.07) is 12.3. The Morgan fingerprint density at radius 2 is 1.93 bits per heavy atom. The molecule has 0 bridgehead atoms. The standard InChI is InChI=1S/C23H27N3O3S/c1-15-19-14-20(30-22(19)25(3)24-15)23(28)29-16(2)21(27)26-11-9-18(10-12-26)13-17-7-5-4-6-8-17/h4-8,14,16,18H,9-13H2,1-3H3. The number of esters is 1. The zero-order valence-electron chi connectivity index (χ0n) is 17.6. The number of carbonyl (C=O) groups is 2. The Morgan fingerprint density at radius 3 is 2.60 bits per heavy atom. The lowest BCUT2D eigenvalue weighted by molar-refractivity contribution is -0.141. The number of benzene rings is 1. The number of aromatic nitrogens is 2. The van der Waals surface area contributed by atoms with Crippen LogP contribution in [-0.4, -0.2) is 45.8 Å². The molecule has 6 nitrogen and oxygen atoms in total. The number of rotatable bonds is 5. The van der Waals surface area contributed by atoms with Crippen LogP contribution >= 0.6 is 11.3 Å². The highest BCUT2D eigenvalue weighted by Gasteiger charge is 2.29. The number of amides is 1. The van der Waals surface area contributed by atoms with Crippen LogP contribution in [0.15, 0.2) is 36.4 Å². The van der Waals surface area contributed by atoms with Gasteiger partial charge in [0.2, 0.25) is 0 Å². The van der Waals surface area contributed by atoms with E-state index >= 15 is 0 Å². The van der Waals surface area contributed by atoms with Crippen LogP contribution in [0.3, 0.4) is 0 Å². The Balaban J connectivity index is 1.31. The van der Waals surface area contributed by atoms with Crippen LogP contribution in [0.4, 0.5) is 0 Å². The molecule has 1 aliphatic rings. The molecule has 7 heteroatoms. The third kappa shape index (κ3) is 4.26. The summed E-state index contributed by atoms with van der Waals surface area (Å²) in [5, 5.41) is 5.30. The monoisotopic (exact) mass is 425 g/mol. The van der Waals surface area contributed by atoms with Crippen LogP contribution in [0, 0.1) is 12.8 Å². The zero-order valence-corrected chi connectivity index (χ0v) is 18.4. The molecule has 1 saturated heterocycles. The van der Waals surface area contributed by atoms with Crippen molar-refractivity contribution in [2.45, 2.75) is 39.2 Å². The Labute approximate surface area is 180 Å². The van der Waals surface area contributed by atoms with Crippen molar-refractivity contribution in [2.24, 2.45) is 13.0 Å². The minimum absolute atomic E-state index is 0.111. The van der Waals surface area contributed by atoms with E-state index in [-0.39, 0.29) is 5.91 Å². The molecule has 0 saturated carbocycles. The molecule has 158 valence electrons. The van der Waals surface area contributed by atoms with E-state index in [1.165, 1.54) is 16.9 Å². The molecule has 3 aromatic rings. The topological polar surface area (TPSA) is 64.4 Å². The van der Waals surface area contributed by atoms with Crippen LogP contribution in [0.2, 0.25) is 0 Å². The second-order valence-electron chi connectivity index (χ2n) is 8.04. The molecule has 1 aromatic carbocycles. The maximum atomic E-state index is 12.8. The van der Waals surface area contributed by atoms with Gasteiger partial charge in [-0.25, -0.2) is 4.79 Å². The normalized spacial score (nSPS) is 16.0. The molecule has 0 radical (unpaired) electrons. The minimum Gasteiger partial charge on any atom is -0.448 e. The van der Waals surface area contributed by atoms with Crippen molar-refractivity contribution in [1.29, 1.82) is 0 Å². The molecule has 1 aliphatic heterocycles. The number of likely N-dealkylation sites (tertiary alicyclic amines) is 1. The summed E-state index contributed by atoms with van der Waals surface area (Å²) in [7, 11) is 1.86. The fourth-order valence-corrected chi connectivity index (χ4v) is 5.14. The summed E-state index contributed by atoms with van der Waals surface area (Å²) in [4.78, 5) is 28.6. The number of aryl methyl sites for hydroxylation is 2. The quantitative estimate of drug-likeness (QED) is 0.580. The van der Waals surface area contributed by atoms with Crippen molar-refractivity contribution in [3.63, 3.8) is 0 Å². The average molecular weight is 426 g/mol. The number of thiophene rings is 1. The SMILES string of the molecule is Cc1nn(C)c2sc(C(=O)OC(C)C(=O)N3CCC(Cc4ccccc4)CC3)cc12. The van der Waals surface area contributed by atoms with Crippen molar-refractivity contribution >= 4 is 33.4 Å². The van der Waals surface area contributed by atoms with Gasteiger partial charge in [0.05, 0.1) is 5.69 Å². The number of ether oxygens (including phenoxy) is 1. The zero-order chi connectivity index (χ0) is 21.3. The molecule has 0 N–H and O–H groups in total. The molecule has 30 heavy (non-hydrogen) atoms. The summed E-state index contributed by atoms with van der Waals surface area (Å²) in [5.41, 5.74) is 2.23. The van der Waals surface area contributed by atoms with E-state index in [1.807, 2.05) is 24.9 Å². The maximum absolute atomic E-state index is 12.8. The van der Waals surface area contributed by atoms with Crippen molar-refractivity contribution in [1.82, 2.24) is 14.7 Å². The van der Waals surface area contributed by atoms with E-state index in [9.17, 15) is 9.59 Å². The molecule has 2 aromatic heterocycles. The summed E-state index contributed by atoms with van der Waals surface area (Å²) in [6.45, 7) is 5.01. The van der Waals surface area contributed by atoms with E-state index < -0.39 is 12.1 Å². The number of nitrogens with zero attached hydrogens (tertiary/aromatic N) is 3. The van der Waals surface area contributed by atoms with E-state index in [2.05, 4.69) is 29.4 Å². The molecule has 0 aliphatic carbocycles. The molecule has 1 fully saturated rings. The van der Waals surface area contributed by atoms with Crippen LogP contribution in [0.1, 0.15) is 40.7 Å². The molecule has 1 unspecified atom stereocenters. The Morgan fingerprint density at radius 1 is 1.23 bits per heavy atom. The number of piperidine rings is 1. The van der Waals surface area contributed by atoms with Gasteiger partial charge in [-0.05, 0) is 50.7 Å². The first kappa shape index (κ1) is 20.6. The van der Waals surface area contributed by atoms with Crippen molar-refractivity contribution in [2.75, 3.05) is 13.1 Å². The first-order valence-corrected chi connectivity index (χ1v) is 11.2. The van der Waals surface area contributed by atoms with Gasteiger partial charge in [0.15, 0.2) is 6.10 Å². The summed E-state index contributed by atoms with van der Waals surface area (Å²) < 4.78 is 7.27. The van der Waals surface area contributed by atoms with Crippen LogP contribution < -0.4 is 0 Å². The lowest BCUT2D eigenvalue weighted by Crippen LogP contribution is -2.44. The van der Waals surface area contributed by atoms with Gasteiger partial charge in [0.25, 0.3) is 5.91 Å². The molecule has 1 atom stereocenters. The smallest absolute Gasteiger partial charge is 0.349 e. The lowest BCUT2D eigenvalue weighted by atomic mass is 9.90. The Hall–Kier alpha value is -2.67. The molecule has 3 heterocycles. The predicted molar refractivity (Wildman–Crippen MR) is 118 cm³/mol. The van der Waals surface area contributed by atoms with E-state index in [1.54, 1.807) is 17.7 Å². The van der Waals surface area contributed by atoms with Crippen LogP contribution in [0.25, 0.3) is 10.2 Å². The Kier molecular flexibility index (Phi) is 5.90. The second kappa shape index (κ2) is 8.60. The number of hydrogen-bond acceptors (Lipinski definition) is 5. The average Bonchev–Trinajstić information content (AvgIpc) is 3.30. The first-order valence-electron chi connectivity index (χ1n) is 10.4. The number of carbonyl (C=O) groups excluding carboxylic acids is 2.